The van der Waals surface area contributed by atoms with Gasteiger partial charge in [-0.1, -0.05) is 0 Å². The molecule has 0 fully saturated rings. The van der Waals surface area contributed by atoms with E-state index in [1.165, 1.54) is 0 Å². The number of esters is 1. The fourth-order valence-corrected chi connectivity index (χ4v) is 0.820. The standard InChI is InChI=1S/C9H16O5/c10-5-1-2-7-14-9(12)4-3-6-13-8-11/h8,10H,1-7H2. The van der Waals surface area contributed by atoms with Gasteiger partial charge < -0.3 is 14.6 Å². The summed E-state index contributed by atoms with van der Waals surface area (Å²) in [6, 6.07) is 0. The number of hydrogen-bond donors (Lipinski definition) is 1. The SMILES string of the molecule is O=COCCCC(=O)OCCCCO. The first kappa shape index (κ1) is 12.9. The molecule has 5 heteroatoms. The van der Waals surface area contributed by atoms with E-state index in [1.54, 1.807) is 0 Å². The molecular formula is C9H16O5. The molecule has 14 heavy (non-hydrogen) atoms. The number of carbonyl (C=O) groups excluding carboxylic acids is 2. The van der Waals surface area contributed by atoms with Crippen molar-refractivity contribution in [3.05, 3.63) is 0 Å². The van der Waals surface area contributed by atoms with Gasteiger partial charge in [0.05, 0.1) is 13.2 Å². The lowest BCUT2D eigenvalue weighted by Crippen LogP contribution is -2.07. The van der Waals surface area contributed by atoms with Crippen molar-refractivity contribution in [3.8, 4) is 0 Å². The largest absolute Gasteiger partial charge is 0.468 e. The first-order valence-electron chi connectivity index (χ1n) is 4.63. The minimum absolute atomic E-state index is 0.116. The second kappa shape index (κ2) is 9.98. The number of rotatable bonds is 9. The highest BCUT2D eigenvalue weighted by Gasteiger charge is 2.01. The molecule has 0 saturated heterocycles. The van der Waals surface area contributed by atoms with Crippen molar-refractivity contribution >= 4 is 12.4 Å². The maximum Gasteiger partial charge on any atom is 0.305 e. The third-order valence-corrected chi connectivity index (χ3v) is 1.53. The van der Waals surface area contributed by atoms with Crippen molar-refractivity contribution in [2.45, 2.75) is 25.7 Å². The Labute approximate surface area is 83.0 Å². The lowest BCUT2D eigenvalue weighted by Gasteiger charge is -2.03. The third-order valence-electron chi connectivity index (χ3n) is 1.53. The molecule has 0 amide bonds. The van der Waals surface area contributed by atoms with E-state index in [0.29, 0.717) is 32.3 Å². The number of carbonyl (C=O) groups is 2. The lowest BCUT2D eigenvalue weighted by molar-refractivity contribution is -0.144. The van der Waals surface area contributed by atoms with Crippen LogP contribution in [0.15, 0.2) is 0 Å². The Hall–Kier alpha value is -1.10. The molecule has 0 radical (unpaired) electrons. The van der Waals surface area contributed by atoms with E-state index in [4.69, 9.17) is 9.84 Å². The summed E-state index contributed by atoms with van der Waals surface area (Å²) in [6.07, 6.45) is 2.05. The van der Waals surface area contributed by atoms with Crippen molar-refractivity contribution < 1.29 is 24.2 Å². The van der Waals surface area contributed by atoms with Crippen LogP contribution in [0, 0.1) is 0 Å². The minimum Gasteiger partial charge on any atom is -0.468 e. The summed E-state index contributed by atoms with van der Waals surface area (Å²) in [7, 11) is 0. The van der Waals surface area contributed by atoms with Crippen LogP contribution in [-0.4, -0.2) is 37.4 Å². The number of unbranched alkanes of at least 4 members (excludes halogenated alkanes) is 1. The molecule has 0 saturated carbocycles. The molecule has 0 spiro atoms. The molecule has 0 aromatic heterocycles. The van der Waals surface area contributed by atoms with Crippen molar-refractivity contribution in [3.63, 3.8) is 0 Å². The summed E-state index contributed by atoms with van der Waals surface area (Å²) in [5.74, 6) is -0.294. The molecule has 0 aliphatic carbocycles. The number of hydrogen-bond acceptors (Lipinski definition) is 5. The van der Waals surface area contributed by atoms with Gasteiger partial charge in [0.1, 0.15) is 0 Å². The summed E-state index contributed by atoms with van der Waals surface area (Å²) in [5, 5.41) is 8.44. The Morgan fingerprint density at radius 2 is 2.00 bits per heavy atom. The Morgan fingerprint density at radius 3 is 2.64 bits per heavy atom. The number of aliphatic hydroxyl groups is 1. The maximum atomic E-state index is 10.9. The van der Waals surface area contributed by atoms with Gasteiger partial charge in [-0.2, -0.15) is 0 Å². The number of ether oxygens (including phenoxy) is 2. The van der Waals surface area contributed by atoms with Gasteiger partial charge >= 0.3 is 5.97 Å². The zero-order chi connectivity index (χ0) is 10.6. The highest BCUT2D eigenvalue weighted by molar-refractivity contribution is 5.69. The minimum atomic E-state index is -0.294. The molecule has 0 aromatic carbocycles. The molecule has 5 nitrogen and oxygen atoms in total. The van der Waals surface area contributed by atoms with Crippen LogP contribution in [0.4, 0.5) is 0 Å². The van der Waals surface area contributed by atoms with Crippen LogP contribution < -0.4 is 0 Å². The fourth-order valence-electron chi connectivity index (χ4n) is 0.820. The monoisotopic (exact) mass is 204 g/mol. The zero-order valence-corrected chi connectivity index (χ0v) is 8.11. The van der Waals surface area contributed by atoms with Gasteiger partial charge in [-0.15, -0.1) is 0 Å². The molecule has 0 atom stereocenters. The zero-order valence-electron chi connectivity index (χ0n) is 8.11. The van der Waals surface area contributed by atoms with Crippen molar-refractivity contribution in [2.75, 3.05) is 19.8 Å². The highest BCUT2D eigenvalue weighted by atomic mass is 16.5. The van der Waals surface area contributed by atoms with Crippen LogP contribution in [0.25, 0.3) is 0 Å². The third kappa shape index (κ3) is 8.99. The quantitative estimate of drug-likeness (QED) is 0.331. The smallest absolute Gasteiger partial charge is 0.305 e. The summed E-state index contributed by atoms with van der Waals surface area (Å²) in [4.78, 5) is 20.7. The average Bonchev–Trinajstić information content (AvgIpc) is 2.19. The molecule has 0 bridgehead atoms. The second-order valence-corrected chi connectivity index (χ2v) is 2.72. The molecule has 0 aliphatic heterocycles. The topological polar surface area (TPSA) is 72.8 Å². The van der Waals surface area contributed by atoms with E-state index < -0.39 is 0 Å². The van der Waals surface area contributed by atoms with Gasteiger partial charge in [-0.25, -0.2) is 0 Å². The molecular weight excluding hydrogens is 188 g/mol. The lowest BCUT2D eigenvalue weighted by atomic mass is 10.3. The van der Waals surface area contributed by atoms with E-state index in [9.17, 15) is 9.59 Å². The molecule has 82 valence electrons. The molecule has 0 aromatic rings. The molecule has 0 heterocycles. The van der Waals surface area contributed by atoms with Crippen LogP contribution in [-0.2, 0) is 19.1 Å². The van der Waals surface area contributed by atoms with Crippen LogP contribution in [0.3, 0.4) is 0 Å². The van der Waals surface area contributed by atoms with Crippen molar-refractivity contribution in [1.29, 1.82) is 0 Å². The predicted molar refractivity (Wildman–Crippen MR) is 48.5 cm³/mol. The highest BCUT2D eigenvalue weighted by Crippen LogP contribution is 1.95. The van der Waals surface area contributed by atoms with Crippen LogP contribution >= 0.6 is 0 Å². The summed E-state index contributed by atoms with van der Waals surface area (Å²) < 4.78 is 9.24. The van der Waals surface area contributed by atoms with Crippen LogP contribution in [0.5, 0.6) is 0 Å². The van der Waals surface area contributed by atoms with Crippen molar-refractivity contribution in [1.82, 2.24) is 0 Å². The predicted octanol–water partition coefficient (Wildman–Crippen LogP) is 0.255. The van der Waals surface area contributed by atoms with Gasteiger partial charge in [0.25, 0.3) is 6.47 Å². The second-order valence-electron chi connectivity index (χ2n) is 2.72. The van der Waals surface area contributed by atoms with E-state index in [0.717, 1.165) is 0 Å². The summed E-state index contributed by atoms with van der Waals surface area (Å²) in [5.41, 5.74) is 0. The molecule has 0 rings (SSSR count). The summed E-state index contributed by atoms with van der Waals surface area (Å²) in [6.45, 7) is 1.06. The Bertz CT molecular complexity index is 157. The number of aliphatic hydroxyl groups excluding tert-OH is 1. The van der Waals surface area contributed by atoms with E-state index in [1.807, 2.05) is 0 Å². The Balaban J connectivity index is 3.15. The van der Waals surface area contributed by atoms with Crippen molar-refractivity contribution in [2.24, 2.45) is 0 Å². The normalized spacial score (nSPS) is 9.50. The van der Waals surface area contributed by atoms with E-state index in [2.05, 4.69) is 4.74 Å². The first-order valence-corrected chi connectivity index (χ1v) is 4.63. The van der Waals surface area contributed by atoms with Crippen LogP contribution in [0.1, 0.15) is 25.7 Å². The average molecular weight is 204 g/mol. The van der Waals surface area contributed by atoms with Gasteiger partial charge in [0, 0.05) is 13.0 Å². The van der Waals surface area contributed by atoms with Crippen LogP contribution in [0.2, 0.25) is 0 Å². The Morgan fingerprint density at radius 1 is 1.21 bits per heavy atom. The van der Waals surface area contributed by atoms with E-state index in [-0.39, 0.29) is 25.6 Å². The molecule has 0 unspecified atom stereocenters. The Kier molecular flexibility index (Phi) is 9.20. The van der Waals surface area contributed by atoms with Gasteiger partial charge in [0.2, 0.25) is 0 Å². The maximum absolute atomic E-state index is 10.9. The molecule has 0 aliphatic rings. The van der Waals surface area contributed by atoms with Gasteiger partial charge in [-0.3, -0.25) is 9.59 Å². The summed E-state index contributed by atoms with van der Waals surface area (Å²) >= 11 is 0. The van der Waals surface area contributed by atoms with Gasteiger partial charge in [-0.05, 0) is 19.3 Å². The van der Waals surface area contributed by atoms with E-state index >= 15 is 0 Å². The first-order chi connectivity index (χ1) is 6.81. The van der Waals surface area contributed by atoms with Gasteiger partial charge in [0.15, 0.2) is 0 Å². The molecule has 1 N–H and O–H groups in total. The fraction of sp³-hybridized carbons (Fsp3) is 0.778.